The summed E-state index contributed by atoms with van der Waals surface area (Å²) < 4.78 is 5.81. The first-order valence-corrected chi connectivity index (χ1v) is 6.43. The Morgan fingerprint density at radius 1 is 1.18 bits per heavy atom. The first-order valence-electron chi connectivity index (χ1n) is 6.43. The lowest BCUT2D eigenvalue weighted by Crippen LogP contribution is -2.33. The van der Waals surface area contributed by atoms with Gasteiger partial charge in [-0.15, -0.1) is 0 Å². The van der Waals surface area contributed by atoms with Gasteiger partial charge in [0.25, 0.3) is 0 Å². The first kappa shape index (κ1) is 12.4. The minimum absolute atomic E-state index is 0.185. The Labute approximate surface area is 104 Å². The van der Waals surface area contributed by atoms with Gasteiger partial charge in [-0.3, -0.25) is 0 Å². The van der Waals surface area contributed by atoms with Crippen LogP contribution in [0, 0.1) is 13.8 Å². The average Bonchev–Trinajstić information content (AvgIpc) is 2.19. The number of rotatable bonds is 3. The molecule has 2 nitrogen and oxygen atoms in total. The number of ether oxygens (including phenoxy) is 1. The largest absolute Gasteiger partial charge is 0.490 e. The summed E-state index contributed by atoms with van der Waals surface area (Å²) in [6.45, 7) is 8.17. The van der Waals surface area contributed by atoms with Gasteiger partial charge in [-0.1, -0.05) is 0 Å². The lowest BCUT2D eigenvalue weighted by atomic mass is 9.74. The Morgan fingerprint density at radius 3 is 2.06 bits per heavy atom. The highest BCUT2D eigenvalue weighted by atomic mass is 16.5. The molecular formula is C15H22O2. The lowest BCUT2D eigenvalue weighted by molar-refractivity contribution is -0.0389. The van der Waals surface area contributed by atoms with Gasteiger partial charge in [0, 0.05) is 0 Å². The van der Waals surface area contributed by atoms with Crippen molar-refractivity contribution in [2.24, 2.45) is 0 Å². The Balaban J connectivity index is 2.34. The van der Waals surface area contributed by atoms with Crippen LogP contribution in [0.3, 0.4) is 0 Å². The van der Waals surface area contributed by atoms with Crippen molar-refractivity contribution in [1.29, 1.82) is 0 Å². The lowest BCUT2D eigenvalue weighted by Gasteiger charge is -2.37. The van der Waals surface area contributed by atoms with Gasteiger partial charge in [0.05, 0.1) is 11.7 Å². The van der Waals surface area contributed by atoms with Crippen molar-refractivity contribution < 1.29 is 9.84 Å². The molecular weight excluding hydrogens is 212 g/mol. The number of aliphatic hydroxyl groups is 1. The third-order valence-corrected chi connectivity index (χ3v) is 3.53. The van der Waals surface area contributed by atoms with Gasteiger partial charge < -0.3 is 9.84 Å². The van der Waals surface area contributed by atoms with Gasteiger partial charge in [-0.25, -0.2) is 0 Å². The molecule has 0 unspecified atom stereocenters. The zero-order valence-electron chi connectivity index (χ0n) is 11.2. The first-order chi connectivity index (χ1) is 7.92. The smallest absolute Gasteiger partial charge is 0.125 e. The third kappa shape index (κ3) is 2.32. The SMILES string of the molecule is Cc1cc(C2(O)CCC2)cc(C)c1OC(C)C. The summed E-state index contributed by atoms with van der Waals surface area (Å²) in [5.74, 6) is 0.965. The van der Waals surface area contributed by atoms with Gasteiger partial charge in [0.1, 0.15) is 5.75 Å². The molecule has 0 spiro atoms. The summed E-state index contributed by atoms with van der Waals surface area (Å²) in [4.78, 5) is 0. The van der Waals surface area contributed by atoms with E-state index in [4.69, 9.17) is 4.74 Å². The van der Waals surface area contributed by atoms with E-state index in [0.29, 0.717) is 0 Å². The second kappa shape index (κ2) is 4.34. The summed E-state index contributed by atoms with van der Waals surface area (Å²) in [5.41, 5.74) is 2.71. The van der Waals surface area contributed by atoms with Crippen molar-refractivity contribution in [2.45, 2.75) is 58.7 Å². The van der Waals surface area contributed by atoms with Crippen LogP contribution in [-0.4, -0.2) is 11.2 Å². The molecule has 0 heterocycles. The van der Waals surface area contributed by atoms with Crippen LogP contribution >= 0.6 is 0 Å². The summed E-state index contributed by atoms with van der Waals surface area (Å²) in [6, 6.07) is 4.15. The maximum Gasteiger partial charge on any atom is 0.125 e. The summed E-state index contributed by atoms with van der Waals surface area (Å²) in [6.07, 6.45) is 3.08. The van der Waals surface area contributed by atoms with Crippen LogP contribution in [0.1, 0.15) is 49.8 Å². The van der Waals surface area contributed by atoms with Crippen molar-refractivity contribution in [3.8, 4) is 5.75 Å². The molecule has 1 aliphatic rings. The van der Waals surface area contributed by atoms with Crippen molar-refractivity contribution in [3.63, 3.8) is 0 Å². The summed E-state index contributed by atoms with van der Waals surface area (Å²) in [7, 11) is 0. The van der Waals surface area contributed by atoms with Crippen LogP contribution in [0.5, 0.6) is 5.75 Å². The Kier molecular flexibility index (Phi) is 3.17. The highest BCUT2D eigenvalue weighted by Gasteiger charge is 2.36. The molecule has 1 N–H and O–H groups in total. The highest BCUT2D eigenvalue weighted by Crippen LogP contribution is 2.43. The fraction of sp³-hybridized carbons (Fsp3) is 0.600. The number of benzene rings is 1. The second-order valence-corrected chi connectivity index (χ2v) is 5.49. The van der Waals surface area contributed by atoms with E-state index in [-0.39, 0.29) is 6.10 Å². The van der Waals surface area contributed by atoms with E-state index in [0.717, 1.165) is 41.7 Å². The van der Waals surface area contributed by atoms with Crippen molar-refractivity contribution in [3.05, 3.63) is 28.8 Å². The van der Waals surface area contributed by atoms with E-state index in [1.165, 1.54) is 0 Å². The van der Waals surface area contributed by atoms with Crippen LogP contribution in [-0.2, 0) is 5.60 Å². The van der Waals surface area contributed by atoms with Crippen LogP contribution in [0.2, 0.25) is 0 Å². The predicted octanol–water partition coefficient (Wildman–Crippen LogP) is 3.46. The van der Waals surface area contributed by atoms with E-state index in [1.807, 2.05) is 13.8 Å². The normalized spacial score (nSPS) is 18.0. The molecule has 0 bridgehead atoms. The van der Waals surface area contributed by atoms with E-state index in [9.17, 15) is 5.11 Å². The predicted molar refractivity (Wildman–Crippen MR) is 69.4 cm³/mol. The van der Waals surface area contributed by atoms with Crippen LogP contribution in [0.15, 0.2) is 12.1 Å². The zero-order chi connectivity index (χ0) is 12.6. The summed E-state index contributed by atoms with van der Waals surface area (Å²) >= 11 is 0. The topological polar surface area (TPSA) is 29.5 Å². The number of aryl methyl sites for hydroxylation is 2. The van der Waals surface area contributed by atoms with E-state index >= 15 is 0 Å². The maximum absolute atomic E-state index is 10.4. The standard InChI is InChI=1S/C15H22O2/c1-10(2)17-14-11(3)8-13(9-12(14)4)15(16)6-5-7-15/h8-10,16H,5-7H2,1-4H3. The Bertz CT molecular complexity index is 394. The van der Waals surface area contributed by atoms with Gasteiger partial charge in [-0.2, -0.15) is 0 Å². The third-order valence-electron chi connectivity index (χ3n) is 3.53. The molecule has 1 saturated carbocycles. The van der Waals surface area contributed by atoms with Gasteiger partial charge in [-0.05, 0) is 75.8 Å². The molecule has 1 aromatic carbocycles. The molecule has 0 aromatic heterocycles. The molecule has 2 rings (SSSR count). The molecule has 17 heavy (non-hydrogen) atoms. The molecule has 0 radical (unpaired) electrons. The minimum Gasteiger partial charge on any atom is -0.490 e. The average molecular weight is 234 g/mol. The quantitative estimate of drug-likeness (QED) is 0.867. The van der Waals surface area contributed by atoms with E-state index in [2.05, 4.69) is 26.0 Å². The van der Waals surface area contributed by atoms with E-state index < -0.39 is 5.60 Å². The molecule has 0 aliphatic heterocycles. The van der Waals surface area contributed by atoms with Crippen LogP contribution < -0.4 is 4.74 Å². The van der Waals surface area contributed by atoms with Crippen molar-refractivity contribution in [2.75, 3.05) is 0 Å². The van der Waals surface area contributed by atoms with Crippen LogP contribution in [0.25, 0.3) is 0 Å². The molecule has 1 aromatic rings. The molecule has 0 atom stereocenters. The number of hydrogen-bond donors (Lipinski definition) is 1. The molecule has 2 heteroatoms. The maximum atomic E-state index is 10.4. The highest BCUT2D eigenvalue weighted by molar-refractivity contribution is 5.45. The Morgan fingerprint density at radius 2 is 1.71 bits per heavy atom. The number of hydrogen-bond acceptors (Lipinski definition) is 2. The molecule has 1 fully saturated rings. The fourth-order valence-electron chi connectivity index (χ4n) is 2.44. The molecule has 0 saturated heterocycles. The van der Waals surface area contributed by atoms with Gasteiger partial charge in [0.15, 0.2) is 0 Å². The molecule has 94 valence electrons. The molecule has 1 aliphatic carbocycles. The van der Waals surface area contributed by atoms with Gasteiger partial charge >= 0.3 is 0 Å². The van der Waals surface area contributed by atoms with Crippen molar-refractivity contribution in [1.82, 2.24) is 0 Å². The van der Waals surface area contributed by atoms with Crippen molar-refractivity contribution >= 4 is 0 Å². The Hall–Kier alpha value is -1.02. The summed E-state index contributed by atoms with van der Waals surface area (Å²) in [5, 5.41) is 10.4. The second-order valence-electron chi connectivity index (χ2n) is 5.49. The van der Waals surface area contributed by atoms with Crippen LogP contribution in [0.4, 0.5) is 0 Å². The fourth-order valence-corrected chi connectivity index (χ4v) is 2.44. The van der Waals surface area contributed by atoms with Gasteiger partial charge in [0.2, 0.25) is 0 Å². The zero-order valence-corrected chi connectivity index (χ0v) is 11.2. The minimum atomic E-state index is -0.577. The van der Waals surface area contributed by atoms with E-state index in [1.54, 1.807) is 0 Å². The molecule has 0 amide bonds. The monoisotopic (exact) mass is 234 g/mol.